The van der Waals surface area contributed by atoms with Crippen LogP contribution in [0.25, 0.3) is 11.1 Å². The van der Waals surface area contributed by atoms with Crippen molar-refractivity contribution < 1.29 is 33.0 Å². The maximum absolute atomic E-state index is 13.3. The third kappa shape index (κ3) is 3.77. The number of fused-ring (bicyclic) bond motifs is 1. The van der Waals surface area contributed by atoms with E-state index in [0.717, 1.165) is 16.7 Å². The van der Waals surface area contributed by atoms with Gasteiger partial charge in [0.25, 0.3) is 0 Å². The molecule has 8 heteroatoms. The van der Waals surface area contributed by atoms with Gasteiger partial charge in [0, 0.05) is 5.69 Å². The van der Waals surface area contributed by atoms with Crippen molar-refractivity contribution in [2.45, 2.75) is 31.5 Å². The first-order valence-electron chi connectivity index (χ1n) is 10.3. The summed E-state index contributed by atoms with van der Waals surface area (Å²) in [6.07, 6.45) is -2.52. The Morgan fingerprint density at radius 3 is 2.42 bits per heavy atom. The molecule has 0 radical (unpaired) electrons. The Hall–Kier alpha value is -3.94. The summed E-state index contributed by atoms with van der Waals surface area (Å²) < 4.78 is 35.6. The van der Waals surface area contributed by atoms with Crippen LogP contribution < -0.4 is 14.8 Å². The van der Waals surface area contributed by atoms with Gasteiger partial charge in [0.1, 0.15) is 0 Å². The number of carboxylic acids is 1. The van der Waals surface area contributed by atoms with E-state index in [-0.39, 0.29) is 23.0 Å². The summed E-state index contributed by atoms with van der Waals surface area (Å²) in [7, 11) is 0. The molecule has 0 aromatic heterocycles. The molecule has 2 aliphatic rings. The fraction of sp³-hybridized carbons (Fsp3) is 0.200. The molecule has 0 bridgehead atoms. The van der Waals surface area contributed by atoms with E-state index in [4.69, 9.17) is 0 Å². The highest BCUT2D eigenvalue weighted by atomic mass is 19.3. The van der Waals surface area contributed by atoms with Crippen LogP contribution in [-0.2, 0) is 10.2 Å². The number of anilines is 1. The van der Waals surface area contributed by atoms with E-state index < -0.39 is 17.7 Å². The summed E-state index contributed by atoms with van der Waals surface area (Å²) >= 11 is 0. The Labute approximate surface area is 187 Å². The van der Waals surface area contributed by atoms with Crippen LogP contribution >= 0.6 is 0 Å². The van der Waals surface area contributed by atoms with Crippen LogP contribution in [0.15, 0.2) is 60.7 Å². The number of carbonyl (C=O) groups is 2. The van der Waals surface area contributed by atoms with Crippen molar-refractivity contribution >= 4 is 17.6 Å². The second-order valence-electron chi connectivity index (χ2n) is 8.28. The number of aromatic carboxylic acids is 1. The first-order chi connectivity index (χ1) is 15.7. The monoisotopic (exact) mass is 451 g/mol. The molecular formula is C25H19F2NO5. The van der Waals surface area contributed by atoms with Crippen molar-refractivity contribution in [1.82, 2.24) is 0 Å². The summed E-state index contributed by atoms with van der Waals surface area (Å²) in [6.45, 7) is 1.88. The lowest BCUT2D eigenvalue weighted by molar-refractivity contribution is -0.286. The molecule has 1 fully saturated rings. The third-order valence-electron chi connectivity index (χ3n) is 6.04. The number of halogens is 2. The number of hydrogen-bond donors (Lipinski definition) is 2. The average Bonchev–Trinajstić information content (AvgIpc) is 3.51. The van der Waals surface area contributed by atoms with E-state index in [2.05, 4.69) is 14.8 Å². The Morgan fingerprint density at radius 2 is 1.73 bits per heavy atom. The van der Waals surface area contributed by atoms with Crippen molar-refractivity contribution in [3.63, 3.8) is 0 Å². The van der Waals surface area contributed by atoms with Crippen molar-refractivity contribution in [1.29, 1.82) is 0 Å². The molecule has 5 rings (SSSR count). The molecule has 3 aromatic carbocycles. The van der Waals surface area contributed by atoms with E-state index >= 15 is 0 Å². The van der Waals surface area contributed by atoms with Crippen molar-refractivity contribution in [3.8, 4) is 22.6 Å². The molecule has 2 N–H and O–H groups in total. The molecule has 168 valence electrons. The lowest BCUT2D eigenvalue weighted by atomic mass is 9.94. The van der Waals surface area contributed by atoms with Gasteiger partial charge in [0.15, 0.2) is 11.5 Å². The zero-order chi connectivity index (χ0) is 23.4. The van der Waals surface area contributed by atoms with Crippen molar-refractivity contribution in [2.75, 3.05) is 5.32 Å². The smallest absolute Gasteiger partial charge is 0.478 e. The fourth-order valence-electron chi connectivity index (χ4n) is 4.15. The standard InChI is InChI=1S/C25H19F2NO5/c1-14-11-18(6-7-19(14)15-3-2-4-16(12-15)22(29)30)28-23(31)24(9-10-24)17-5-8-20-21(13-17)33-25(26,27)32-20/h2-8,11-13H,9-10H2,1H3,(H,28,31)(H,29,30). The predicted octanol–water partition coefficient (Wildman–Crippen LogP) is 5.35. The van der Waals surface area contributed by atoms with Crippen LogP contribution in [0.4, 0.5) is 14.5 Å². The number of rotatable bonds is 5. The van der Waals surface area contributed by atoms with Gasteiger partial charge in [-0.25, -0.2) is 4.79 Å². The molecule has 6 nitrogen and oxygen atoms in total. The molecule has 0 spiro atoms. The number of carbonyl (C=O) groups excluding carboxylic acids is 1. The molecule has 0 atom stereocenters. The van der Waals surface area contributed by atoms with Gasteiger partial charge >= 0.3 is 12.3 Å². The third-order valence-corrected chi connectivity index (χ3v) is 6.04. The molecule has 1 amide bonds. The highest BCUT2D eigenvalue weighted by Gasteiger charge is 2.52. The quantitative estimate of drug-likeness (QED) is 0.546. The highest BCUT2D eigenvalue weighted by Crippen LogP contribution is 2.52. The average molecular weight is 451 g/mol. The lowest BCUT2D eigenvalue weighted by Gasteiger charge is -2.17. The highest BCUT2D eigenvalue weighted by molar-refractivity contribution is 6.01. The summed E-state index contributed by atoms with van der Waals surface area (Å²) in [5.41, 5.74) is 3.06. The van der Waals surface area contributed by atoms with Crippen LogP contribution in [0.3, 0.4) is 0 Å². The second-order valence-corrected chi connectivity index (χ2v) is 8.28. The van der Waals surface area contributed by atoms with Gasteiger partial charge in [-0.2, -0.15) is 0 Å². The van der Waals surface area contributed by atoms with Gasteiger partial charge in [-0.05, 0) is 78.4 Å². The summed E-state index contributed by atoms with van der Waals surface area (Å²) in [5.74, 6) is -1.37. The Bertz CT molecular complexity index is 1300. The van der Waals surface area contributed by atoms with E-state index in [0.29, 0.717) is 24.1 Å². The summed E-state index contributed by atoms with van der Waals surface area (Å²) in [4.78, 5) is 24.4. The molecule has 0 unspecified atom stereocenters. The zero-order valence-corrected chi connectivity index (χ0v) is 17.5. The number of carboxylic acid groups (broad SMARTS) is 1. The molecule has 3 aromatic rings. The van der Waals surface area contributed by atoms with E-state index in [9.17, 15) is 23.5 Å². The van der Waals surface area contributed by atoms with Crippen LogP contribution in [-0.4, -0.2) is 23.3 Å². The van der Waals surface area contributed by atoms with Crippen LogP contribution in [0.2, 0.25) is 0 Å². The first kappa shape index (κ1) is 20.9. The maximum Gasteiger partial charge on any atom is 0.586 e. The Balaban J connectivity index is 1.36. The number of alkyl halides is 2. The number of amides is 1. The predicted molar refractivity (Wildman–Crippen MR) is 116 cm³/mol. The van der Waals surface area contributed by atoms with Gasteiger partial charge in [-0.1, -0.05) is 24.3 Å². The lowest BCUT2D eigenvalue weighted by Crippen LogP contribution is -2.28. The number of ether oxygens (including phenoxy) is 2. The first-order valence-corrected chi connectivity index (χ1v) is 10.3. The van der Waals surface area contributed by atoms with E-state index in [1.165, 1.54) is 18.2 Å². The maximum atomic E-state index is 13.3. The topological polar surface area (TPSA) is 84.9 Å². The van der Waals surface area contributed by atoms with Crippen LogP contribution in [0.5, 0.6) is 11.5 Å². The van der Waals surface area contributed by atoms with E-state index in [1.54, 1.807) is 24.3 Å². The summed E-state index contributed by atoms with van der Waals surface area (Å²) in [5, 5.41) is 12.1. The van der Waals surface area contributed by atoms with E-state index in [1.807, 2.05) is 25.1 Å². The number of nitrogens with one attached hydrogen (secondary N) is 1. The summed E-state index contributed by atoms with van der Waals surface area (Å²) in [6, 6.07) is 16.5. The molecule has 0 saturated heterocycles. The molecule has 1 saturated carbocycles. The minimum absolute atomic E-state index is 0.0573. The van der Waals surface area contributed by atoms with Gasteiger partial charge < -0.3 is 19.9 Å². The minimum Gasteiger partial charge on any atom is -0.478 e. The normalized spacial score (nSPS) is 16.8. The van der Waals surface area contributed by atoms with Gasteiger partial charge in [0.2, 0.25) is 5.91 Å². The Kier molecular flexibility index (Phi) is 4.63. The molecule has 1 heterocycles. The van der Waals surface area contributed by atoms with Crippen molar-refractivity contribution in [3.05, 3.63) is 77.4 Å². The number of aryl methyl sites for hydroxylation is 1. The number of benzene rings is 3. The van der Waals surface area contributed by atoms with Crippen LogP contribution in [0, 0.1) is 6.92 Å². The van der Waals surface area contributed by atoms with Gasteiger partial charge in [0.05, 0.1) is 11.0 Å². The van der Waals surface area contributed by atoms with Gasteiger partial charge in [-0.15, -0.1) is 8.78 Å². The van der Waals surface area contributed by atoms with Gasteiger partial charge in [-0.3, -0.25) is 4.79 Å². The zero-order valence-electron chi connectivity index (χ0n) is 17.5. The second kappa shape index (κ2) is 7.30. The number of hydrogen-bond acceptors (Lipinski definition) is 4. The molecule has 33 heavy (non-hydrogen) atoms. The minimum atomic E-state index is -3.71. The van der Waals surface area contributed by atoms with Crippen LogP contribution in [0.1, 0.15) is 34.3 Å². The molecule has 1 aliphatic heterocycles. The fourth-order valence-corrected chi connectivity index (χ4v) is 4.15. The largest absolute Gasteiger partial charge is 0.586 e. The SMILES string of the molecule is Cc1cc(NC(=O)C2(c3ccc4c(c3)OC(F)(F)O4)CC2)ccc1-c1cccc(C(=O)O)c1. The molecular weight excluding hydrogens is 432 g/mol. The van der Waals surface area contributed by atoms with Crippen molar-refractivity contribution in [2.24, 2.45) is 0 Å². The Morgan fingerprint density at radius 1 is 0.970 bits per heavy atom. The molecule has 1 aliphatic carbocycles.